The molecule has 0 saturated heterocycles. The zero-order valence-corrected chi connectivity index (χ0v) is 18.7. The highest BCUT2D eigenvalue weighted by Gasteiger charge is 2.13. The van der Waals surface area contributed by atoms with Crippen LogP contribution >= 0.6 is 11.8 Å². The molecule has 0 aliphatic carbocycles. The Morgan fingerprint density at radius 3 is 2.72 bits per heavy atom. The third-order valence-corrected chi connectivity index (χ3v) is 5.11. The van der Waals surface area contributed by atoms with Gasteiger partial charge < -0.3 is 15.4 Å². The van der Waals surface area contributed by atoms with E-state index in [1.54, 1.807) is 23.0 Å². The molecule has 2 aromatic heterocycles. The first-order valence-electron chi connectivity index (χ1n) is 10.1. The average Bonchev–Trinajstić information content (AvgIpc) is 3.20. The van der Waals surface area contributed by atoms with Crippen LogP contribution in [-0.2, 0) is 22.5 Å². The number of ether oxygens (including phenoxy) is 1. The van der Waals surface area contributed by atoms with Crippen molar-refractivity contribution in [3.05, 3.63) is 46.1 Å². The number of nitro benzene ring substituents is 1. The maximum Gasteiger partial charge on any atom is 0.269 e. The molecule has 170 valence electrons. The molecular formula is C20H25N7O4S. The molecule has 3 aromatic rings. The van der Waals surface area contributed by atoms with Crippen molar-refractivity contribution in [3.8, 4) is 0 Å². The molecule has 1 aromatic carbocycles. The number of hydrogen-bond donors (Lipinski definition) is 2. The third-order valence-electron chi connectivity index (χ3n) is 4.56. The summed E-state index contributed by atoms with van der Waals surface area (Å²) >= 11 is 1.44. The number of thioether (sulfide) groups is 1. The maximum atomic E-state index is 12.2. The molecule has 2 heterocycles. The van der Waals surface area contributed by atoms with E-state index in [4.69, 9.17) is 4.74 Å². The van der Waals surface area contributed by atoms with E-state index < -0.39 is 4.92 Å². The molecule has 2 N–H and O–H groups in total. The van der Waals surface area contributed by atoms with Gasteiger partial charge in [-0.15, -0.1) is 0 Å². The van der Waals surface area contributed by atoms with E-state index in [0.29, 0.717) is 55.0 Å². The van der Waals surface area contributed by atoms with Gasteiger partial charge in [-0.05, 0) is 18.7 Å². The summed E-state index contributed by atoms with van der Waals surface area (Å²) in [4.78, 5) is 31.6. The second-order valence-corrected chi connectivity index (χ2v) is 7.51. The average molecular weight is 460 g/mol. The van der Waals surface area contributed by atoms with Gasteiger partial charge in [-0.3, -0.25) is 14.9 Å². The summed E-state index contributed by atoms with van der Waals surface area (Å²) in [5.41, 5.74) is 1.39. The topological polar surface area (TPSA) is 137 Å². The number of nitrogens with zero attached hydrogens (tertiary/aromatic N) is 5. The molecule has 0 bridgehead atoms. The molecule has 0 aliphatic heterocycles. The summed E-state index contributed by atoms with van der Waals surface area (Å²) in [5.74, 6) is 0.528. The van der Waals surface area contributed by atoms with Crippen LogP contribution in [0.1, 0.15) is 12.5 Å². The van der Waals surface area contributed by atoms with E-state index >= 15 is 0 Å². The zero-order chi connectivity index (χ0) is 22.9. The van der Waals surface area contributed by atoms with Crippen LogP contribution in [0.15, 0.2) is 35.6 Å². The fourth-order valence-corrected chi connectivity index (χ4v) is 3.36. The molecule has 0 spiro atoms. The summed E-state index contributed by atoms with van der Waals surface area (Å²) in [6, 6.07) is 5.95. The quantitative estimate of drug-likeness (QED) is 0.137. The summed E-state index contributed by atoms with van der Waals surface area (Å²) in [7, 11) is 0. The number of fused-ring (bicyclic) bond motifs is 1. The summed E-state index contributed by atoms with van der Waals surface area (Å²) < 4.78 is 7.09. The minimum Gasteiger partial charge on any atom is -0.380 e. The van der Waals surface area contributed by atoms with Crippen molar-refractivity contribution >= 4 is 40.2 Å². The summed E-state index contributed by atoms with van der Waals surface area (Å²) in [6.45, 7) is 4.62. The predicted octanol–water partition coefficient (Wildman–Crippen LogP) is 2.26. The molecule has 0 unspecified atom stereocenters. The van der Waals surface area contributed by atoms with E-state index in [1.807, 2.05) is 13.2 Å². The van der Waals surface area contributed by atoms with Crippen molar-refractivity contribution in [3.63, 3.8) is 0 Å². The van der Waals surface area contributed by atoms with Crippen LogP contribution in [0.3, 0.4) is 0 Å². The number of aromatic nitrogens is 4. The Hall–Kier alpha value is -3.25. The van der Waals surface area contributed by atoms with Crippen LogP contribution in [0.25, 0.3) is 11.0 Å². The molecule has 3 rings (SSSR count). The van der Waals surface area contributed by atoms with Gasteiger partial charge in [0.15, 0.2) is 10.8 Å². The Morgan fingerprint density at radius 2 is 2.03 bits per heavy atom. The largest absolute Gasteiger partial charge is 0.380 e. The van der Waals surface area contributed by atoms with Gasteiger partial charge in [0.25, 0.3) is 5.69 Å². The van der Waals surface area contributed by atoms with Crippen molar-refractivity contribution in [2.24, 2.45) is 0 Å². The van der Waals surface area contributed by atoms with Gasteiger partial charge in [0.05, 0.1) is 36.1 Å². The van der Waals surface area contributed by atoms with Gasteiger partial charge in [0.2, 0.25) is 5.91 Å². The van der Waals surface area contributed by atoms with Crippen LogP contribution in [0, 0.1) is 10.1 Å². The Labute approximate surface area is 189 Å². The lowest BCUT2D eigenvalue weighted by molar-refractivity contribution is -0.384. The van der Waals surface area contributed by atoms with Crippen LogP contribution in [-0.4, -0.2) is 63.1 Å². The number of nitro groups is 1. The number of non-ortho nitro benzene ring substituents is 1. The number of carbonyl (C=O) groups is 1. The number of hydrogen-bond acceptors (Lipinski definition) is 9. The minimum absolute atomic E-state index is 0.00179. The highest BCUT2D eigenvalue weighted by molar-refractivity contribution is 7.98. The van der Waals surface area contributed by atoms with Crippen molar-refractivity contribution in [2.45, 2.75) is 25.0 Å². The molecular weight excluding hydrogens is 434 g/mol. The van der Waals surface area contributed by atoms with Gasteiger partial charge >= 0.3 is 0 Å². The van der Waals surface area contributed by atoms with Crippen molar-refractivity contribution in [2.75, 3.05) is 37.9 Å². The van der Waals surface area contributed by atoms with Crippen LogP contribution in [0.2, 0.25) is 0 Å². The second kappa shape index (κ2) is 11.4. The normalized spacial score (nSPS) is 10.9. The lowest BCUT2D eigenvalue weighted by atomic mass is 10.1. The predicted molar refractivity (Wildman–Crippen MR) is 122 cm³/mol. The summed E-state index contributed by atoms with van der Waals surface area (Å²) in [5, 5.41) is 22.7. The molecule has 1 amide bonds. The highest BCUT2D eigenvalue weighted by Crippen LogP contribution is 2.23. The van der Waals surface area contributed by atoms with Crippen LogP contribution < -0.4 is 10.6 Å². The van der Waals surface area contributed by atoms with E-state index in [0.717, 1.165) is 5.39 Å². The number of benzene rings is 1. The van der Waals surface area contributed by atoms with Gasteiger partial charge in [-0.2, -0.15) is 5.10 Å². The van der Waals surface area contributed by atoms with Crippen molar-refractivity contribution in [1.29, 1.82) is 0 Å². The number of anilines is 1. The van der Waals surface area contributed by atoms with Crippen molar-refractivity contribution < 1.29 is 14.5 Å². The van der Waals surface area contributed by atoms with Gasteiger partial charge in [-0.1, -0.05) is 23.9 Å². The third kappa shape index (κ3) is 6.14. The van der Waals surface area contributed by atoms with E-state index in [2.05, 4.69) is 25.7 Å². The van der Waals surface area contributed by atoms with Gasteiger partial charge in [-0.25, -0.2) is 14.6 Å². The highest BCUT2D eigenvalue weighted by atomic mass is 32.2. The number of rotatable bonds is 12. The zero-order valence-electron chi connectivity index (χ0n) is 17.9. The number of nitrogens with one attached hydrogen (secondary N) is 2. The molecule has 0 aliphatic rings. The monoisotopic (exact) mass is 459 g/mol. The first-order chi connectivity index (χ1) is 15.5. The fraction of sp³-hybridized carbons (Fsp3) is 0.400. The molecule has 0 saturated carbocycles. The lowest BCUT2D eigenvalue weighted by Crippen LogP contribution is -2.28. The molecule has 32 heavy (non-hydrogen) atoms. The first-order valence-corrected chi connectivity index (χ1v) is 11.3. The van der Waals surface area contributed by atoms with Crippen LogP contribution in [0.4, 0.5) is 11.5 Å². The molecule has 0 radical (unpaired) electrons. The smallest absolute Gasteiger partial charge is 0.269 e. The number of carbonyl (C=O) groups excluding carboxylic acids is 1. The van der Waals surface area contributed by atoms with E-state index in [1.165, 1.54) is 23.9 Å². The van der Waals surface area contributed by atoms with Gasteiger partial charge in [0.1, 0.15) is 5.82 Å². The lowest BCUT2D eigenvalue weighted by Gasteiger charge is -2.09. The Bertz CT molecular complexity index is 1070. The van der Waals surface area contributed by atoms with E-state index in [9.17, 15) is 14.9 Å². The van der Waals surface area contributed by atoms with Crippen LogP contribution in [0.5, 0.6) is 0 Å². The SMILES string of the molecule is CCOCCNc1nc(SC)nc2c1cnn2CCNC(=O)Cc1ccc([N+](=O)[O-])cc1. The Balaban J connectivity index is 1.59. The molecule has 11 nitrogen and oxygen atoms in total. The van der Waals surface area contributed by atoms with E-state index in [-0.39, 0.29) is 18.0 Å². The first kappa shape index (κ1) is 23.4. The fourth-order valence-electron chi connectivity index (χ4n) is 3.00. The minimum atomic E-state index is -0.468. The molecule has 12 heteroatoms. The Kier molecular flexibility index (Phi) is 8.34. The maximum absolute atomic E-state index is 12.2. The van der Waals surface area contributed by atoms with Gasteiger partial charge in [0, 0.05) is 31.8 Å². The molecule has 0 fully saturated rings. The Morgan fingerprint density at radius 1 is 1.25 bits per heavy atom. The summed E-state index contributed by atoms with van der Waals surface area (Å²) in [6.07, 6.45) is 3.76. The molecule has 0 atom stereocenters. The second-order valence-electron chi connectivity index (χ2n) is 6.74. The van der Waals surface area contributed by atoms with Crippen molar-refractivity contribution in [1.82, 2.24) is 25.1 Å². The standard InChI is InChI=1S/C20H25N7O4S/c1-3-31-11-9-22-18-16-13-23-26(19(16)25-20(24-18)32-2)10-8-21-17(28)12-14-4-6-15(7-5-14)27(29)30/h4-7,13H,3,8-12H2,1-2H3,(H,21,28)(H,22,24,25). The number of amides is 1.